The van der Waals surface area contributed by atoms with Gasteiger partial charge in [0, 0.05) is 67.1 Å². The van der Waals surface area contributed by atoms with Gasteiger partial charge in [-0.05, 0) is 75.6 Å². The van der Waals surface area contributed by atoms with E-state index < -0.39 is 17.8 Å². The molecule has 254 valence electrons. The number of aliphatic imine (C=N–C) groups is 1. The van der Waals surface area contributed by atoms with Crippen molar-refractivity contribution in [3.05, 3.63) is 41.1 Å². The lowest BCUT2D eigenvalue weighted by Crippen LogP contribution is -2.48. The summed E-state index contributed by atoms with van der Waals surface area (Å²) in [5.74, 6) is 0.818. The van der Waals surface area contributed by atoms with E-state index in [1.807, 2.05) is 16.0 Å². The number of hydrogen-bond acceptors (Lipinski definition) is 9. The summed E-state index contributed by atoms with van der Waals surface area (Å²) in [6, 6.07) is 4.27. The Labute approximate surface area is 274 Å². The first kappa shape index (κ1) is 33.7. The van der Waals surface area contributed by atoms with Gasteiger partial charge in [0.25, 0.3) is 0 Å². The summed E-state index contributed by atoms with van der Waals surface area (Å²) >= 11 is 1.29. The number of dihydropyridines is 1. The fourth-order valence-electron chi connectivity index (χ4n) is 7.41. The molecule has 5 aliphatic rings. The smallest absolute Gasteiger partial charge is 0.390 e. The summed E-state index contributed by atoms with van der Waals surface area (Å²) in [5, 5.41) is 13.1. The van der Waals surface area contributed by atoms with Crippen LogP contribution in [0, 0.1) is 11.8 Å². The average Bonchev–Trinajstić information content (AvgIpc) is 3.43. The lowest BCUT2D eigenvalue weighted by atomic mass is 9.90. The van der Waals surface area contributed by atoms with E-state index in [0.29, 0.717) is 51.7 Å². The number of aliphatic hydroxyl groups is 1. The van der Waals surface area contributed by atoms with Crippen LogP contribution in [-0.4, -0.2) is 127 Å². The summed E-state index contributed by atoms with van der Waals surface area (Å²) < 4.78 is 47.4. The molecule has 0 bridgehead atoms. The first-order chi connectivity index (χ1) is 22.3. The Hall–Kier alpha value is -2.16. The van der Waals surface area contributed by atoms with Gasteiger partial charge in [-0.3, -0.25) is 9.79 Å². The Morgan fingerprint density at radius 3 is 2.54 bits per heavy atom. The summed E-state index contributed by atoms with van der Waals surface area (Å²) in [6.07, 6.45) is 3.73. The third-order valence-electron chi connectivity index (χ3n) is 9.95. The van der Waals surface area contributed by atoms with Crippen LogP contribution in [0.25, 0.3) is 0 Å². The topological polar surface area (TPSA) is 83.9 Å². The van der Waals surface area contributed by atoms with Gasteiger partial charge < -0.3 is 29.6 Å². The second-order valence-electron chi connectivity index (χ2n) is 13.1. The zero-order chi connectivity index (χ0) is 32.1. The van der Waals surface area contributed by atoms with Crippen LogP contribution in [-0.2, 0) is 15.7 Å². The molecule has 2 N–H and O–H groups in total. The maximum Gasteiger partial charge on any atom is 0.417 e. The third kappa shape index (κ3) is 8.27. The number of hydrogen-bond donors (Lipinski definition) is 2. The van der Waals surface area contributed by atoms with E-state index in [-0.39, 0.29) is 28.7 Å². The predicted molar refractivity (Wildman–Crippen MR) is 173 cm³/mol. The molecule has 13 heteroatoms. The molecule has 5 aliphatic heterocycles. The van der Waals surface area contributed by atoms with E-state index in [0.717, 1.165) is 69.7 Å². The molecule has 1 aromatic rings. The zero-order valence-electron chi connectivity index (χ0n) is 26.5. The highest BCUT2D eigenvalue weighted by molar-refractivity contribution is 7.99. The van der Waals surface area contributed by atoms with E-state index in [9.17, 15) is 23.1 Å². The lowest BCUT2D eigenvalue weighted by Gasteiger charge is -2.36. The monoisotopic (exact) mass is 664 g/mol. The SMILES string of the molecule is O=C(C1CCN(CC(O)CN2NC(c3ccc(C(F)(F)F)c(SCCN4CCCCC4)c3)C3CN=CC=C32)CC1)N1CCOCC1. The highest BCUT2D eigenvalue weighted by Gasteiger charge is 2.41. The van der Waals surface area contributed by atoms with Gasteiger partial charge >= 0.3 is 6.18 Å². The summed E-state index contributed by atoms with van der Waals surface area (Å²) in [5.41, 5.74) is 4.72. The Morgan fingerprint density at radius 2 is 1.80 bits per heavy atom. The van der Waals surface area contributed by atoms with Crippen molar-refractivity contribution in [3.8, 4) is 0 Å². The second-order valence-corrected chi connectivity index (χ2v) is 14.2. The minimum Gasteiger partial charge on any atom is -0.390 e. The van der Waals surface area contributed by atoms with E-state index in [4.69, 9.17) is 4.74 Å². The van der Waals surface area contributed by atoms with E-state index in [2.05, 4.69) is 20.2 Å². The Morgan fingerprint density at radius 1 is 1.04 bits per heavy atom. The molecule has 46 heavy (non-hydrogen) atoms. The Balaban J connectivity index is 1.06. The molecule has 4 saturated heterocycles. The molecule has 1 amide bonds. The molecule has 5 heterocycles. The molecule has 0 aliphatic carbocycles. The normalized spacial score (nSPS) is 25.9. The minimum absolute atomic E-state index is 0.0245. The van der Waals surface area contributed by atoms with Crippen molar-refractivity contribution in [2.45, 2.75) is 55.3 Å². The molecular weight excluding hydrogens is 617 g/mol. The summed E-state index contributed by atoms with van der Waals surface area (Å²) in [7, 11) is 0. The number of ether oxygens (including phenoxy) is 1. The Kier molecular flexibility index (Phi) is 11.3. The predicted octanol–water partition coefficient (Wildman–Crippen LogP) is 3.66. The van der Waals surface area contributed by atoms with Crippen molar-refractivity contribution in [2.24, 2.45) is 16.8 Å². The molecule has 9 nitrogen and oxygen atoms in total. The molecule has 0 spiro atoms. The maximum absolute atomic E-state index is 14.0. The Bertz CT molecular complexity index is 1250. The zero-order valence-corrected chi connectivity index (χ0v) is 27.3. The van der Waals surface area contributed by atoms with Crippen molar-refractivity contribution in [1.82, 2.24) is 25.1 Å². The molecule has 0 radical (unpaired) electrons. The minimum atomic E-state index is -4.42. The number of nitrogens with one attached hydrogen (secondary N) is 1. The number of morpholine rings is 1. The number of aliphatic hydroxyl groups excluding tert-OH is 1. The largest absolute Gasteiger partial charge is 0.417 e. The van der Waals surface area contributed by atoms with Gasteiger partial charge in [-0.2, -0.15) is 13.2 Å². The van der Waals surface area contributed by atoms with E-state index >= 15 is 0 Å². The molecule has 0 aromatic heterocycles. The van der Waals surface area contributed by atoms with Crippen LogP contribution in [0.5, 0.6) is 0 Å². The van der Waals surface area contributed by atoms with Crippen molar-refractivity contribution in [2.75, 3.05) is 84.4 Å². The molecule has 1 aromatic carbocycles. The maximum atomic E-state index is 14.0. The number of piperidine rings is 2. The fraction of sp³-hybridized carbons (Fsp3) is 0.697. The van der Waals surface area contributed by atoms with Gasteiger partial charge in [-0.15, -0.1) is 11.8 Å². The molecule has 0 saturated carbocycles. The number of alkyl halides is 3. The number of amides is 1. The van der Waals surface area contributed by atoms with Crippen LogP contribution >= 0.6 is 11.8 Å². The summed E-state index contributed by atoms with van der Waals surface area (Å²) in [6.45, 7) is 8.23. The van der Waals surface area contributed by atoms with Gasteiger partial charge in [0.15, 0.2) is 0 Å². The number of allylic oxidation sites excluding steroid dienone is 1. The number of likely N-dealkylation sites (tertiary alicyclic amines) is 2. The number of hydrazine groups is 1. The van der Waals surface area contributed by atoms with Gasteiger partial charge in [-0.1, -0.05) is 12.5 Å². The quantitative estimate of drug-likeness (QED) is 0.367. The number of halogens is 3. The number of nitrogens with zero attached hydrogens (tertiary/aromatic N) is 5. The van der Waals surface area contributed by atoms with Crippen LogP contribution in [0.4, 0.5) is 13.2 Å². The van der Waals surface area contributed by atoms with E-state index in [1.165, 1.54) is 24.2 Å². The molecular formula is C33H47F3N6O3S. The van der Waals surface area contributed by atoms with Gasteiger partial charge in [0.1, 0.15) is 0 Å². The highest BCUT2D eigenvalue weighted by atomic mass is 32.2. The molecule has 4 fully saturated rings. The molecule has 3 unspecified atom stereocenters. The van der Waals surface area contributed by atoms with Gasteiger partial charge in [0.05, 0.1) is 37.5 Å². The number of rotatable bonds is 10. The average molecular weight is 665 g/mol. The van der Waals surface area contributed by atoms with Crippen LogP contribution in [0.2, 0.25) is 0 Å². The highest BCUT2D eigenvalue weighted by Crippen LogP contribution is 2.42. The van der Waals surface area contributed by atoms with Gasteiger partial charge in [0.2, 0.25) is 5.91 Å². The molecule has 6 rings (SSSR count). The summed E-state index contributed by atoms with van der Waals surface area (Å²) in [4.78, 5) is 24.1. The number of thioether (sulfide) groups is 1. The van der Waals surface area contributed by atoms with Crippen LogP contribution in [0.15, 0.2) is 39.9 Å². The van der Waals surface area contributed by atoms with Gasteiger partial charge in [-0.25, -0.2) is 5.43 Å². The number of carbonyl (C=O) groups excluding carboxylic acids is 1. The standard InChI is InChI=1S/C33H47F3N6O3S/c34-33(35,36)28-5-4-25(20-30(28)46-19-16-39-10-2-1-3-11-39)31-27-21-37-9-6-29(27)42(38-31)23-26(43)22-40-12-7-24(8-13-40)32(44)41-14-17-45-18-15-41/h4-6,9,20,24,26-27,31,38,43H,1-3,7-8,10-19,21-23H2. The number of carbonyl (C=O) groups is 1. The van der Waals surface area contributed by atoms with Crippen molar-refractivity contribution in [3.63, 3.8) is 0 Å². The molecule has 3 atom stereocenters. The lowest BCUT2D eigenvalue weighted by molar-refractivity contribution is -0.141. The van der Waals surface area contributed by atoms with Crippen LogP contribution < -0.4 is 5.43 Å². The van der Waals surface area contributed by atoms with Crippen molar-refractivity contribution >= 4 is 23.9 Å². The first-order valence-corrected chi connectivity index (χ1v) is 17.8. The third-order valence-corrected chi connectivity index (χ3v) is 11.0. The fourth-order valence-corrected chi connectivity index (χ4v) is 8.54. The van der Waals surface area contributed by atoms with E-state index in [1.54, 1.807) is 18.3 Å². The first-order valence-electron chi connectivity index (χ1n) is 16.8. The second kappa shape index (κ2) is 15.4. The van der Waals surface area contributed by atoms with Crippen LogP contribution in [0.3, 0.4) is 0 Å². The van der Waals surface area contributed by atoms with Crippen molar-refractivity contribution in [1.29, 1.82) is 0 Å². The van der Waals surface area contributed by atoms with Crippen LogP contribution in [0.1, 0.15) is 49.3 Å². The number of fused-ring (bicyclic) bond motifs is 1. The van der Waals surface area contributed by atoms with Crippen molar-refractivity contribution < 1.29 is 27.8 Å². The number of β-amino-alcohol motifs (C(OH)–C–C–N with tert-alkyl or cyclic N) is 1. The number of benzene rings is 1.